The number of halogens is 4. The van der Waals surface area contributed by atoms with Gasteiger partial charge >= 0.3 is 12.1 Å². The topological polar surface area (TPSA) is 55.1 Å². The van der Waals surface area contributed by atoms with Crippen LogP contribution in [0.2, 0.25) is 5.02 Å². The molecule has 4 aromatic rings. The Morgan fingerprint density at radius 1 is 0.903 bits per heavy atom. The first-order valence-corrected chi connectivity index (χ1v) is 9.48. The Balaban J connectivity index is 1.98. The van der Waals surface area contributed by atoms with Gasteiger partial charge in [0.25, 0.3) is 0 Å². The van der Waals surface area contributed by atoms with E-state index >= 15 is 0 Å². The lowest BCUT2D eigenvalue weighted by Crippen LogP contribution is -2.09. The minimum Gasteiger partial charge on any atom is -0.478 e. The lowest BCUT2D eigenvalue weighted by Gasteiger charge is -2.16. The first-order chi connectivity index (χ1) is 14.8. The Bertz CT molecular complexity index is 1250. The van der Waals surface area contributed by atoms with Gasteiger partial charge in [0.15, 0.2) is 0 Å². The van der Waals surface area contributed by atoms with E-state index in [4.69, 9.17) is 16.7 Å². The third kappa shape index (κ3) is 4.04. The Morgan fingerprint density at radius 3 is 2.16 bits per heavy atom. The molecule has 0 unspecified atom stereocenters. The fourth-order valence-corrected chi connectivity index (χ4v) is 3.45. The van der Waals surface area contributed by atoms with Crippen molar-refractivity contribution in [1.82, 2.24) is 9.78 Å². The van der Waals surface area contributed by atoms with Crippen molar-refractivity contribution >= 4 is 17.6 Å². The standard InChI is InChI=1S/C23H14ClF3N2O2/c24-16-9-5-14(6-10-16)19-13-28-29(17-11-7-15(8-12-17)22(30)31)21(19)18-3-1-2-4-20(18)23(25,26)27/h1-13H,(H,30,31). The molecule has 3 aromatic carbocycles. The van der Waals surface area contributed by atoms with Gasteiger partial charge in [-0.15, -0.1) is 0 Å². The molecule has 0 radical (unpaired) electrons. The lowest BCUT2D eigenvalue weighted by molar-refractivity contribution is -0.137. The molecule has 0 bridgehead atoms. The average molecular weight is 443 g/mol. The van der Waals surface area contributed by atoms with Gasteiger partial charge in [0, 0.05) is 16.1 Å². The Labute approximate surface area is 180 Å². The lowest BCUT2D eigenvalue weighted by atomic mass is 9.97. The number of aromatic nitrogens is 2. The van der Waals surface area contributed by atoms with Crippen molar-refractivity contribution in [3.63, 3.8) is 0 Å². The second-order valence-electron chi connectivity index (χ2n) is 6.72. The summed E-state index contributed by atoms with van der Waals surface area (Å²) in [6, 6.07) is 17.7. The van der Waals surface area contributed by atoms with E-state index in [9.17, 15) is 18.0 Å². The van der Waals surface area contributed by atoms with Crippen LogP contribution in [0, 0.1) is 0 Å². The van der Waals surface area contributed by atoms with Crippen LogP contribution in [0.15, 0.2) is 79.0 Å². The van der Waals surface area contributed by atoms with Gasteiger partial charge < -0.3 is 5.11 Å². The SMILES string of the molecule is O=C(O)c1ccc(-n2ncc(-c3ccc(Cl)cc3)c2-c2ccccc2C(F)(F)F)cc1. The fourth-order valence-electron chi connectivity index (χ4n) is 3.33. The summed E-state index contributed by atoms with van der Waals surface area (Å²) >= 11 is 5.96. The highest BCUT2D eigenvalue weighted by Crippen LogP contribution is 2.41. The predicted molar refractivity (Wildman–Crippen MR) is 111 cm³/mol. The molecule has 1 aromatic heterocycles. The summed E-state index contributed by atoms with van der Waals surface area (Å²) in [7, 11) is 0. The Kier molecular flexibility index (Phi) is 5.29. The highest BCUT2D eigenvalue weighted by molar-refractivity contribution is 6.30. The molecule has 0 atom stereocenters. The first-order valence-electron chi connectivity index (χ1n) is 9.10. The maximum Gasteiger partial charge on any atom is 0.417 e. The van der Waals surface area contributed by atoms with E-state index in [1.807, 2.05) is 0 Å². The summed E-state index contributed by atoms with van der Waals surface area (Å²) in [5.41, 5.74) is 1.01. The molecule has 0 aliphatic rings. The average Bonchev–Trinajstić information content (AvgIpc) is 3.18. The van der Waals surface area contributed by atoms with Gasteiger partial charge in [0.1, 0.15) is 0 Å². The maximum absolute atomic E-state index is 13.8. The molecule has 0 amide bonds. The summed E-state index contributed by atoms with van der Waals surface area (Å²) in [5.74, 6) is -1.10. The normalized spacial score (nSPS) is 11.5. The Morgan fingerprint density at radius 2 is 1.55 bits per heavy atom. The van der Waals surface area contributed by atoms with E-state index in [1.165, 1.54) is 53.3 Å². The van der Waals surface area contributed by atoms with Crippen molar-refractivity contribution in [3.8, 4) is 28.1 Å². The van der Waals surface area contributed by atoms with Gasteiger partial charge in [0.05, 0.1) is 28.7 Å². The second kappa shape index (κ2) is 7.92. The number of carboxylic acids is 1. The molecule has 8 heteroatoms. The van der Waals surface area contributed by atoms with Crippen LogP contribution in [0.1, 0.15) is 15.9 Å². The molecule has 156 valence electrons. The van der Waals surface area contributed by atoms with Crippen molar-refractivity contribution in [2.45, 2.75) is 6.18 Å². The van der Waals surface area contributed by atoms with Crippen LogP contribution in [0.25, 0.3) is 28.1 Å². The zero-order valence-corrected chi connectivity index (χ0v) is 16.5. The smallest absolute Gasteiger partial charge is 0.417 e. The van der Waals surface area contributed by atoms with E-state index in [1.54, 1.807) is 24.3 Å². The summed E-state index contributed by atoms with van der Waals surface area (Å²) in [6.07, 6.45) is -3.09. The number of benzene rings is 3. The fraction of sp³-hybridized carbons (Fsp3) is 0.0435. The van der Waals surface area contributed by atoms with Crippen LogP contribution < -0.4 is 0 Å². The number of nitrogens with zero attached hydrogens (tertiary/aromatic N) is 2. The second-order valence-corrected chi connectivity index (χ2v) is 7.16. The van der Waals surface area contributed by atoms with Crippen LogP contribution >= 0.6 is 11.6 Å². The predicted octanol–water partition coefficient (Wildman–Crippen LogP) is 6.58. The van der Waals surface area contributed by atoms with E-state index in [0.717, 1.165) is 6.07 Å². The molecule has 0 fully saturated rings. The molecule has 1 heterocycles. The van der Waals surface area contributed by atoms with Crippen molar-refractivity contribution in [3.05, 3.63) is 95.1 Å². The molecule has 0 aliphatic heterocycles. The molecular weight excluding hydrogens is 429 g/mol. The van der Waals surface area contributed by atoms with Crippen LogP contribution in [-0.4, -0.2) is 20.9 Å². The van der Waals surface area contributed by atoms with E-state index in [-0.39, 0.29) is 16.8 Å². The molecule has 1 N–H and O–H groups in total. The van der Waals surface area contributed by atoms with E-state index in [2.05, 4.69) is 5.10 Å². The zero-order chi connectivity index (χ0) is 22.2. The number of carboxylic acid groups (broad SMARTS) is 1. The number of alkyl halides is 3. The highest BCUT2D eigenvalue weighted by Gasteiger charge is 2.35. The number of hydrogen-bond donors (Lipinski definition) is 1. The molecule has 31 heavy (non-hydrogen) atoms. The number of aromatic carboxylic acids is 1. The van der Waals surface area contributed by atoms with Crippen molar-refractivity contribution in [2.24, 2.45) is 0 Å². The largest absolute Gasteiger partial charge is 0.478 e. The molecular formula is C23H14ClF3N2O2. The van der Waals surface area contributed by atoms with Gasteiger partial charge in [-0.05, 0) is 48.0 Å². The maximum atomic E-state index is 13.8. The zero-order valence-electron chi connectivity index (χ0n) is 15.8. The summed E-state index contributed by atoms with van der Waals surface area (Å²) in [5, 5.41) is 13.9. The van der Waals surface area contributed by atoms with Crippen LogP contribution in [0.4, 0.5) is 13.2 Å². The number of rotatable bonds is 4. The third-order valence-electron chi connectivity index (χ3n) is 4.77. The highest BCUT2D eigenvalue weighted by atomic mass is 35.5. The quantitative estimate of drug-likeness (QED) is 0.388. The van der Waals surface area contributed by atoms with Gasteiger partial charge in [-0.25, -0.2) is 9.48 Å². The molecule has 0 saturated heterocycles. The molecule has 4 nitrogen and oxygen atoms in total. The van der Waals surface area contributed by atoms with Crippen molar-refractivity contribution < 1.29 is 23.1 Å². The van der Waals surface area contributed by atoms with Crippen LogP contribution in [0.5, 0.6) is 0 Å². The summed E-state index contributed by atoms with van der Waals surface area (Å²) in [4.78, 5) is 11.2. The summed E-state index contributed by atoms with van der Waals surface area (Å²) in [6.45, 7) is 0. The summed E-state index contributed by atoms with van der Waals surface area (Å²) < 4.78 is 42.7. The van der Waals surface area contributed by atoms with Crippen molar-refractivity contribution in [2.75, 3.05) is 0 Å². The van der Waals surface area contributed by atoms with Gasteiger partial charge in [-0.2, -0.15) is 18.3 Å². The third-order valence-corrected chi connectivity index (χ3v) is 5.02. The first kappa shape index (κ1) is 20.7. The molecule has 0 saturated carbocycles. The molecule has 0 spiro atoms. The number of carbonyl (C=O) groups is 1. The molecule has 0 aliphatic carbocycles. The van der Waals surface area contributed by atoms with Crippen LogP contribution in [-0.2, 0) is 6.18 Å². The Hall–Kier alpha value is -3.58. The number of hydrogen-bond acceptors (Lipinski definition) is 2. The van der Waals surface area contributed by atoms with E-state index < -0.39 is 17.7 Å². The minimum atomic E-state index is -4.57. The van der Waals surface area contributed by atoms with Gasteiger partial charge in [0.2, 0.25) is 0 Å². The van der Waals surface area contributed by atoms with Crippen LogP contribution in [0.3, 0.4) is 0 Å². The van der Waals surface area contributed by atoms with Gasteiger partial charge in [-0.3, -0.25) is 0 Å². The monoisotopic (exact) mass is 442 g/mol. The van der Waals surface area contributed by atoms with E-state index in [0.29, 0.717) is 21.8 Å². The molecule has 4 rings (SSSR count). The minimum absolute atomic E-state index is 0.0419. The van der Waals surface area contributed by atoms with Crippen molar-refractivity contribution in [1.29, 1.82) is 0 Å². The van der Waals surface area contributed by atoms with Gasteiger partial charge in [-0.1, -0.05) is 41.9 Å².